The Morgan fingerprint density at radius 3 is 2.83 bits per heavy atom. The summed E-state index contributed by atoms with van der Waals surface area (Å²) in [5.74, 6) is 2.05. The molecule has 0 saturated carbocycles. The van der Waals surface area contributed by atoms with Gasteiger partial charge in [0.05, 0.1) is 0 Å². The maximum atomic E-state index is 11.9. The highest BCUT2D eigenvalue weighted by molar-refractivity contribution is 5.89. The van der Waals surface area contributed by atoms with Crippen LogP contribution in [0, 0.1) is 6.92 Å². The Bertz CT molecular complexity index is 662. The van der Waals surface area contributed by atoms with Crippen molar-refractivity contribution in [3.63, 3.8) is 0 Å². The molecule has 0 fully saturated rings. The molecule has 0 bridgehead atoms. The second-order valence-electron chi connectivity index (χ2n) is 5.99. The minimum Gasteiger partial charge on any atom is -0.337 e. The average molecular weight is 313 g/mol. The van der Waals surface area contributed by atoms with Crippen LogP contribution < -0.4 is 10.6 Å². The van der Waals surface area contributed by atoms with Crippen LogP contribution >= 0.6 is 0 Å². The van der Waals surface area contributed by atoms with Crippen LogP contribution in [0.25, 0.3) is 0 Å². The maximum Gasteiger partial charge on any atom is 0.319 e. The Labute approximate surface area is 136 Å². The Balaban J connectivity index is 1.48. The summed E-state index contributed by atoms with van der Waals surface area (Å²) in [5.41, 5.74) is 1.97. The Morgan fingerprint density at radius 1 is 1.17 bits per heavy atom. The number of rotatable bonds is 4. The monoisotopic (exact) mass is 313 g/mol. The average Bonchev–Trinajstić information content (AvgIpc) is 2.78. The van der Waals surface area contributed by atoms with Crippen molar-refractivity contribution in [3.05, 3.63) is 41.5 Å². The lowest BCUT2D eigenvalue weighted by atomic mass is 10.2. The number of benzene rings is 1. The molecule has 3 rings (SSSR count). The van der Waals surface area contributed by atoms with Crippen molar-refractivity contribution in [2.45, 2.75) is 45.6 Å². The second kappa shape index (κ2) is 7.26. The van der Waals surface area contributed by atoms with Gasteiger partial charge in [0.15, 0.2) is 0 Å². The van der Waals surface area contributed by atoms with Gasteiger partial charge in [-0.2, -0.15) is 0 Å². The van der Waals surface area contributed by atoms with Gasteiger partial charge in [0.25, 0.3) is 0 Å². The lowest BCUT2D eigenvalue weighted by molar-refractivity contribution is 0.252. The Hall–Kier alpha value is -2.37. The molecule has 2 N–H and O–H groups in total. The first kappa shape index (κ1) is 15.5. The first-order chi connectivity index (χ1) is 11.2. The van der Waals surface area contributed by atoms with Gasteiger partial charge in [-0.25, -0.2) is 4.79 Å². The topological polar surface area (TPSA) is 71.8 Å². The highest BCUT2D eigenvalue weighted by Crippen LogP contribution is 2.14. The van der Waals surface area contributed by atoms with Gasteiger partial charge in [-0.15, -0.1) is 10.2 Å². The van der Waals surface area contributed by atoms with Gasteiger partial charge in [0.2, 0.25) is 0 Å². The molecule has 1 aromatic carbocycles. The number of nitrogens with one attached hydrogen (secondary N) is 2. The van der Waals surface area contributed by atoms with E-state index in [1.165, 1.54) is 24.8 Å². The number of urea groups is 1. The highest BCUT2D eigenvalue weighted by Gasteiger charge is 2.14. The quantitative estimate of drug-likeness (QED) is 0.911. The van der Waals surface area contributed by atoms with Gasteiger partial charge in [-0.05, 0) is 31.9 Å². The van der Waals surface area contributed by atoms with Gasteiger partial charge < -0.3 is 15.2 Å². The van der Waals surface area contributed by atoms with Crippen molar-refractivity contribution < 1.29 is 4.79 Å². The summed E-state index contributed by atoms with van der Waals surface area (Å²) in [4.78, 5) is 11.9. The SMILES string of the molecule is Cc1ccc(NC(=O)NCCc2nnc3n2CCCCC3)cc1. The summed E-state index contributed by atoms with van der Waals surface area (Å²) in [6.07, 6.45) is 5.33. The molecule has 1 aliphatic heterocycles. The lowest BCUT2D eigenvalue weighted by Gasteiger charge is -2.09. The van der Waals surface area contributed by atoms with Crippen molar-refractivity contribution in [1.82, 2.24) is 20.1 Å². The van der Waals surface area contributed by atoms with Crippen LogP contribution in [-0.4, -0.2) is 27.3 Å². The number of hydrogen-bond acceptors (Lipinski definition) is 3. The molecule has 2 amide bonds. The molecule has 0 spiro atoms. The molecule has 1 aromatic heterocycles. The molecule has 122 valence electrons. The predicted octanol–water partition coefficient (Wildman–Crippen LogP) is 2.68. The van der Waals surface area contributed by atoms with Crippen LogP contribution in [0.3, 0.4) is 0 Å². The standard InChI is InChI=1S/C17H23N5O/c1-13-6-8-14(9-7-13)19-17(23)18-11-10-16-21-20-15-5-3-2-4-12-22(15)16/h6-9H,2-5,10-12H2,1H3,(H2,18,19,23). The fourth-order valence-electron chi connectivity index (χ4n) is 2.83. The number of carbonyl (C=O) groups is 1. The van der Waals surface area contributed by atoms with Crippen LogP contribution in [0.4, 0.5) is 10.5 Å². The number of carbonyl (C=O) groups excluding carboxylic acids is 1. The summed E-state index contributed by atoms with van der Waals surface area (Å²) >= 11 is 0. The van der Waals surface area contributed by atoms with Crippen molar-refractivity contribution in [3.8, 4) is 0 Å². The number of anilines is 1. The van der Waals surface area contributed by atoms with E-state index in [0.29, 0.717) is 13.0 Å². The van der Waals surface area contributed by atoms with E-state index < -0.39 is 0 Å². The summed E-state index contributed by atoms with van der Waals surface area (Å²) in [5, 5.41) is 14.3. The molecule has 0 radical (unpaired) electrons. The third-order valence-electron chi connectivity index (χ3n) is 4.13. The molecule has 0 saturated heterocycles. The van der Waals surface area contributed by atoms with Gasteiger partial charge in [-0.3, -0.25) is 0 Å². The van der Waals surface area contributed by atoms with Crippen LogP contribution in [0.2, 0.25) is 0 Å². The molecular weight excluding hydrogens is 290 g/mol. The maximum absolute atomic E-state index is 11.9. The van der Waals surface area contributed by atoms with Gasteiger partial charge in [0.1, 0.15) is 11.6 Å². The third-order valence-corrected chi connectivity index (χ3v) is 4.13. The van der Waals surface area contributed by atoms with E-state index >= 15 is 0 Å². The summed E-state index contributed by atoms with van der Waals surface area (Å²) in [6.45, 7) is 3.56. The molecule has 6 heteroatoms. The number of nitrogens with zero attached hydrogens (tertiary/aromatic N) is 3. The zero-order valence-corrected chi connectivity index (χ0v) is 13.5. The van der Waals surface area contributed by atoms with Gasteiger partial charge in [-0.1, -0.05) is 24.1 Å². The van der Waals surface area contributed by atoms with E-state index in [9.17, 15) is 4.79 Å². The van der Waals surface area contributed by atoms with Crippen molar-refractivity contribution in [2.75, 3.05) is 11.9 Å². The number of aromatic nitrogens is 3. The lowest BCUT2D eigenvalue weighted by Crippen LogP contribution is -2.31. The van der Waals surface area contributed by atoms with E-state index in [1.54, 1.807) is 0 Å². The molecule has 2 heterocycles. The number of hydrogen-bond donors (Lipinski definition) is 2. The number of amides is 2. The molecule has 23 heavy (non-hydrogen) atoms. The summed E-state index contributed by atoms with van der Waals surface area (Å²) in [7, 11) is 0. The Morgan fingerprint density at radius 2 is 2.00 bits per heavy atom. The molecule has 0 aliphatic carbocycles. The second-order valence-corrected chi connectivity index (χ2v) is 5.99. The van der Waals surface area contributed by atoms with Crippen molar-refractivity contribution in [2.24, 2.45) is 0 Å². The first-order valence-corrected chi connectivity index (χ1v) is 8.25. The molecule has 0 atom stereocenters. The van der Waals surface area contributed by atoms with E-state index in [1.807, 2.05) is 31.2 Å². The summed E-state index contributed by atoms with van der Waals surface area (Å²) < 4.78 is 2.21. The van der Waals surface area contributed by atoms with Crippen LogP contribution in [0.15, 0.2) is 24.3 Å². The Kier molecular flexibility index (Phi) is 4.90. The molecule has 6 nitrogen and oxygen atoms in total. The van der Waals surface area contributed by atoms with Crippen LogP contribution in [0.1, 0.15) is 36.5 Å². The highest BCUT2D eigenvalue weighted by atomic mass is 16.2. The van der Waals surface area contributed by atoms with E-state index in [-0.39, 0.29) is 6.03 Å². The van der Waals surface area contributed by atoms with E-state index in [0.717, 1.165) is 30.3 Å². The molecule has 0 unspecified atom stereocenters. The minimum absolute atomic E-state index is 0.190. The fourth-order valence-corrected chi connectivity index (χ4v) is 2.83. The minimum atomic E-state index is -0.190. The van der Waals surface area contributed by atoms with Crippen LogP contribution in [0.5, 0.6) is 0 Å². The third kappa shape index (κ3) is 4.09. The smallest absolute Gasteiger partial charge is 0.319 e. The molecule has 2 aromatic rings. The zero-order chi connectivity index (χ0) is 16.1. The number of aryl methyl sites for hydroxylation is 2. The summed E-state index contributed by atoms with van der Waals surface area (Å²) in [6, 6.07) is 7.55. The predicted molar refractivity (Wildman–Crippen MR) is 89.5 cm³/mol. The molecule has 1 aliphatic rings. The van der Waals surface area contributed by atoms with Crippen molar-refractivity contribution >= 4 is 11.7 Å². The molecular formula is C17H23N5O. The zero-order valence-electron chi connectivity index (χ0n) is 13.5. The first-order valence-electron chi connectivity index (χ1n) is 8.25. The van der Waals surface area contributed by atoms with Gasteiger partial charge in [0, 0.05) is 31.6 Å². The normalized spacial score (nSPS) is 14.0. The fraction of sp³-hybridized carbons (Fsp3) is 0.471. The van der Waals surface area contributed by atoms with Gasteiger partial charge >= 0.3 is 6.03 Å². The largest absolute Gasteiger partial charge is 0.337 e. The van der Waals surface area contributed by atoms with Crippen molar-refractivity contribution in [1.29, 1.82) is 0 Å². The van der Waals surface area contributed by atoms with E-state index in [2.05, 4.69) is 25.4 Å². The van der Waals surface area contributed by atoms with Crippen LogP contribution in [-0.2, 0) is 19.4 Å². The number of fused-ring (bicyclic) bond motifs is 1. The van der Waals surface area contributed by atoms with E-state index in [4.69, 9.17) is 0 Å².